The van der Waals surface area contributed by atoms with E-state index in [2.05, 4.69) is 5.10 Å². The van der Waals surface area contributed by atoms with Gasteiger partial charge in [0.1, 0.15) is 12.4 Å². The molecule has 0 aliphatic carbocycles. The maximum atomic E-state index is 9.66. The van der Waals surface area contributed by atoms with Crippen molar-refractivity contribution in [3.05, 3.63) is 47.2 Å². The molecule has 4 nitrogen and oxygen atoms in total. The third-order valence-corrected chi connectivity index (χ3v) is 2.79. The molecule has 1 aromatic carbocycles. The summed E-state index contributed by atoms with van der Waals surface area (Å²) >= 11 is 5.90. The van der Waals surface area contributed by atoms with E-state index in [9.17, 15) is 5.11 Å². The maximum absolute atomic E-state index is 9.66. The molecule has 0 bridgehead atoms. The molecule has 0 saturated heterocycles. The number of hydrogen-bond donors (Lipinski definition) is 1. The number of aliphatic hydroxyl groups is 1. The summed E-state index contributed by atoms with van der Waals surface area (Å²) in [7, 11) is 0. The van der Waals surface area contributed by atoms with Crippen molar-refractivity contribution in [1.29, 1.82) is 0 Å². The van der Waals surface area contributed by atoms with E-state index in [0.717, 1.165) is 0 Å². The Bertz CT molecular complexity index is 498. The maximum Gasteiger partial charge on any atom is 0.125 e. The summed E-state index contributed by atoms with van der Waals surface area (Å²) < 4.78 is 7.44. The van der Waals surface area contributed by atoms with Gasteiger partial charge in [-0.25, -0.2) is 0 Å². The van der Waals surface area contributed by atoms with E-state index in [1.165, 1.54) is 0 Å². The predicted octanol–water partition coefficient (Wildman–Crippen LogP) is 2.67. The standard InChI is InChI=1S/C13H15ClN2O2/c1-10(17)12-9-11(14)3-4-13(12)18-8-7-16-6-2-5-15-16/h2-6,9-10,17H,7-8H2,1H3/t10-/m0/s1. The quantitative estimate of drug-likeness (QED) is 0.905. The second kappa shape index (κ2) is 5.89. The Kier molecular flexibility index (Phi) is 4.23. The largest absolute Gasteiger partial charge is 0.491 e. The van der Waals surface area contributed by atoms with Crippen molar-refractivity contribution in [3.63, 3.8) is 0 Å². The van der Waals surface area contributed by atoms with Crippen LogP contribution in [0.5, 0.6) is 5.75 Å². The molecule has 0 aliphatic rings. The molecule has 1 aromatic heterocycles. The smallest absolute Gasteiger partial charge is 0.125 e. The molecule has 2 aromatic rings. The lowest BCUT2D eigenvalue weighted by molar-refractivity contribution is 0.190. The topological polar surface area (TPSA) is 47.3 Å². The predicted molar refractivity (Wildman–Crippen MR) is 69.8 cm³/mol. The summed E-state index contributed by atoms with van der Waals surface area (Å²) in [5.41, 5.74) is 0.697. The zero-order chi connectivity index (χ0) is 13.0. The molecule has 0 fully saturated rings. The van der Waals surface area contributed by atoms with Crippen molar-refractivity contribution in [1.82, 2.24) is 9.78 Å². The average Bonchev–Trinajstić information content (AvgIpc) is 2.84. The molecule has 0 unspecified atom stereocenters. The molecule has 96 valence electrons. The minimum atomic E-state index is -0.608. The molecule has 18 heavy (non-hydrogen) atoms. The van der Waals surface area contributed by atoms with Gasteiger partial charge >= 0.3 is 0 Å². The van der Waals surface area contributed by atoms with Gasteiger partial charge in [-0.3, -0.25) is 4.68 Å². The highest BCUT2D eigenvalue weighted by Gasteiger charge is 2.09. The number of benzene rings is 1. The fraction of sp³-hybridized carbons (Fsp3) is 0.308. The van der Waals surface area contributed by atoms with Gasteiger partial charge in [0.2, 0.25) is 0 Å². The fourth-order valence-corrected chi connectivity index (χ4v) is 1.84. The number of halogens is 1. The Morgan fingerprint density at radius 1 is 1.50 bits per heavy atom. The second-order valence-electron chi connectivity index (χ2n) is 3.98. The zero-order valence-corrected chi connectivity index (χ0v) is 10.8. The Hall–Kier alpha value is -1.52. The molecule has 1 heterocycles. The van der Waals surface area contributed by atoms with Crippen LogP contribution in [0.2, 0.25) is 5.02 Å². The molecular formula is C13H15ClN2O2. The van der Waals surface area contributed by atoms with Crippen molar-refractivity contribution < 1.29 is 9.84 Å². The van der Waals surface area contributed by atoms with E-state index in [-0.39, 0.29) is 0 Å². The van der Waals surface area contributed by atoms with Crippen LogP contribution in [0.4, 0.5) is 0 Å². The lowest BCUT2D eigenvalue weighted by atomic mass is 10.1. The van der Waals surface area contributed by atoms with Crippen LogP contribution in [-0.2, 0) is 6.54 Å². The SMILES string of the molecule is C[C@H](O)c1cc(Cl)ccc1OCCn1cccn1. The normalized spacial score (nSPS) is 12.4. The van der Waals surface area contributed by atoms with Crippen LogP contribution < -0.4 is 4.74 Å². The van der Waals surface area contributed by atoms with Gasteiger partial charge in [-0.05, 0) is 31.2 Å². The summed E-state index contributed by atoms with van der Waals surface area (Å²) in [5.74, 6) is 0.654. The summed E-state index contributed by atoms with van der Waals surface area (Å²) in [4.78, 5) is 0. The monoisotopic (exact) mass is 266 g/mol. The van der Waals surface area contributed by atoms with Crippen LogP contribution in [0.25, 0.3) is 0 Å². The first-order chi connectivity index (χ1) is 8.66. The first kappa shape index (κ1) is 12.9. The first-order valence-corrected chi connectivity index (χ1v) is 6.12. The van der Waals surface area contributed by atoms with Gasteiger partial charge in [-0.1, -0.05) is 11.6 Å². The Labute approximate surface area is 111 Å². The van der Waals surface area contributed by atoms with E-state index in [1.807, 2.05) is 12.3 Å². The Balaban J connectivity index is 2.00. The molecule has 0 aliphatic heterocycles. The van der Waals surface area contributed by atoms with Crippen molar-refractivity contribution in [2.45, 2.75) is 19.6 Å². The number of nitrogens with zero attached hydrogens (tertiary/aromatic N) is 2. The molecule has 0 saturated carbocycles. The minimum Gasteiger partial charge on any atom is -0.491 e. The van der Waals surface area contributed by atoms with Crippen LogP contribution in [0.15, 0.2) is 36.7 Å². The van der Waals surface area contributed by atoms with E-state index >= 15 is 0 Å². The van der Waals surface area contributed by atoms with Gasteiger partial charge in [0.15, 0.2) is 0 Å². The Morgan fingerprint density at radius 2 is 2.33 bits per heavy atom. The highest BCUT2D eigenvalue weighted by Crippen LogP contribution is 2.28. The van der Waals surface area contributed by atoms with Crippen LogP contribution in [0, 0.1) is 0 Å². The first-order valence-electron chi connectivity index (χ1n) is 5.74. The number of rotatable bonds is 5. The molecule has 0 amide bonds. The van der Waals surface area contributed by atoms with Crippen LogP contribution >= 0.6 is 11.6 Å². The zero-order valence-electron chi connectivity index (χ0n) is 10.1. The molecule has 1 atom stereocenters. The fourth-order valence-electron chi connectivity index (χ4n) is 1.66. The lowest BCUT2D eigenvalue weighted by Gasteiger charge is -2.13. The average molecular weight is 267 g/mol. The molecular weight excluding hydrogens is 252 g/mol. The highest BCUT2D eigenvalue weighted by atomic mass is 35.5. The van der Waals surface area contributed by atoms with E-state index in [4.69, 9.17) is 16.3 Å². The van der Waals surface area contributed by atoms with E-state index in [0.29, 0.717) is 29.5 Å². The summed E-state index contributed by atoms with van der Waals surface area (Å²) in [5, 5.41) is 14.3. The van der Waals surface area contributed by atoms with Crippen LogP contribution in [-0.4, -0.2) is 21.5 Å². The van der Waals surface area contributed by atoms with Crippen molar-refractivity contribution >= 4 is 11.6 Å². The summed E-state index contributed by atoms with van der Waals surface area (Å²) in [6, 6.07) is 7.10. The van der Waals surface area contributed by atoms with E-state index < -0.39 is 6.10 Å². The van der Waals surface area contributed by atoms with Gasteiger partial charge in [-0.2, -0.15) is 5.10 Å². The number of hydrogen-bond acceptors (Lipinski definition) is 3. The highest BCUT2D eigenvalue weighted by molar-refractivity contribution is 6.30. The number of aliphatic hydroxyl groups excluding tert-OH is 1. The third kappa shape index (κ3) is 3.24. The molecule has 5 heteroatoms. The molecule has 0 radical (unpaired) electrons. The van der Waals surface area contributed by atoms with Gasteiger partial charge in [0.05, 0.1) is 12.6 Å². The molecule has 2 rings (SSSR count). The molecule has 0 spiro atoms. The number of ether oxygens (including phenoxy) is 1. The lowest BCUT2D eigenvalue weighted by Crippen LogP contribution is -2.09. The van der Waals surface area contributed by atoms with Crippen molar-refractivity contribution in [3.8, 4) is 5.75 Å². The van der Waals surface area contributed by atoms with Crippen molar-refractivity contribution in [2.24, 2.45) is 0 Å². The van der Waals surface area contributed by atoms with Gasteiger partial charge in [0, 0.05) is 23.0 Å². The third-order valence-electron chi connectivity index (χ3n) is 2.56. The van der Waals surface area contributed by atoms with Gasteiger partial charge in [0.25, 0.3) is 0 Å². The van der Waals surface area contributed by atoms with Gasteiger partial charge < -0.3 is 9.84 Å². The summed E-state index contributed by atoms with van der Waals surface area (Å²) in [6.45, 7) is 2.84. The minimum absolute atomic E-state index is 0.489. The number of aromatic nitrogens is 2. The van der Waals surface area contributed by atoms with Crippen molar-refractivity contribution in [2.75, 3.05) is 6.61 Å². The second-order valence-corrected chi connectivity index (χ2v) is 4.41. The van der Waals surface area contributed by atoms with E-state index in [1.54, 1.807) is 36.0 Å². The summed E-state index contributed by atoms with van der Waals surface area (Å²) in [6.07, 6.45) is 2.99. The Morgan fingerprint density at radius 3 is 3.00 bits per heavy atom. The van der Waals surface area contributed by atoms with Crippen LogP contribution in [0.1, 0.15) is 18.6 Å². The van der Waals surface area contributed by atoms with Gasteiger partial charge in [-0.15, -0.1) is 0 Å². The molecule has 1 N–H and O–H groups in total. The van der Waals surface area contributed by atoms with Crippen LogP contribution in [0.3, 0.4) is 0 Å².